The average Bonchev–Trinajstić information content (AvgIpc) is 3.00. The molecule has 1 aromatic rings. The predicted molar refractivity (Wildman–Crippen MR) is 90.2 cm³/mol. The van der Waals surface area contributed by atoms with Gasteiger partial charge >= 0.3 is 6.03 Å². The van der Waals surface area contributed by atoms with Crippen LogP contribution in [0, 0.1) is 0 Å². The molecule has 124 valence electrons. The largest absolute Gasteiger partial charge is 0.388 e. The lowest BCUT2D eigenvalue weighted by atomic mass is 9.85. The van der Waals surface area contributed by atoms with Gasteiger partial charge in [-0.15, -0.1) is 11.3 Å². The Labute approximate surface area is 136 Å². The first-order valence-electron chi connectivity index (χ1n) is 7.94. The van der Waals surface area contributed by atoms with Crippen molar-refractivity contribution in [2.75, 3.05) is 27.2 Å². The molecule has 6 heteroatoms. The van der Waals surface area contributed by atoms with Gasteiger partial charge in [0.1, 0.15) is 0 Å². The second-order valence-corrected chi connectivity index (χ2v) is 7.32. The fourth-order valence-electron chi connectivity index (χ4n) is 2.90. The molecule has 1 fully saturated rings. The first kappa shape index (κ1) is 17.2. The van der Waals surface area contributed by atoms with Crippen molar-refractivity contribution in [1.29, 1.82) is 0 Å². The lowest BCUT2D eigenvalue weighted by molar-refractivity contribution is 0.00717. The fourth-order valence-corrected chi connectivity index (χ4v) is 3.82. The maximum Gasteiger partial charge on any atom is 0.314 e. The summed E-state index contributed by atoms with van der Waals surface area (Å²) in [7, 11) is 4.02. The maximum absolute atomic E-state index is 12.0. The minimum Gasteiger partial charge on any atom is -0.388 e. The molecule has 22 heavy (non-hydrogen) atoms. The first-order valence-corrected chi connectivity index (χ1v) is 8.82. The molecule has 1 aliphatic rings. The molecule has 1 heterocycles. The molecule has 1 atom stereocenters. The number of amides is 2. The van der Waals surface area contributed by atoms with E-state index in [1.165, 1.54) is 11.3 Å². The lowest BCUT2D eigenvalue weighted by Crippen LogP contribution is -2.48. The minimum absolute atomic E-state index is 0.170. The van der Waals surface area contributed by atoms with Gasteiger partial charge in [0.25, 0.3) is 0 Å². The van der Waals surface area contributed by atoms with E-state index in [2.05, 4.69) is 21.6 Å². The fraction of sp³-hybridized carbons (Fsp3) is 0.688. The number of carbonyl (C=O) groups excluding carboxylic acids is 1. The lowest BCUT2D eigenvalue weighted by Gasteiger charge is -2.32. The van der Waals surface area contributed by atoms with Crippen molar-refractivity contribution in [2.45, 2.75) is 43.7 Å². The summed E-state index contributed by atoms with van der Waals surface area (Å²) in [5, 5.41) is 18.2. The monoisotopic (exact) mass is 325 g/mol. The number of thiophene rings is 1. The summed E-state index contributed by atoms with van der Waals surface area (Å²) in [5.41, 5.74) is -0.718. The summed E-state index contributed by atoms with van der Waals surface area (Å²) in [6.45, 7) is 0.891. The Bertz CT molecular complexity index is 456. The van der Waals surface area contributed by atoms with E-state index >= 15 is 0 Å². The van der Waals surface area contributed by atoms with Gasteiger partial charge in [-0.25, -0.2) is 4.79 Å². The third-order valence-electron chi connectivity index (χ3n) is 4.31. The second-order valence-electron chi connectivity index (χ2n) is 6.34. The molecule has 0 radical (unpaired) electrons. The number of nitrogens with one attached hydrogen (secondary N) is 2. The van der Waals surface area contributed by atoms with Crippen LogP contribution in [0.4, 0.5) is 4.79 Å². The number of hydrogen-bond acceptors (Lipinski definition) is 4. The van der Waals surface area contributed by atoms with Crippen LogP contribution in [0.15, 0.2) is 17.5 Å². The zero-order valence-electron chi connectivity index (χ0n) is 13.5. The Balaban J connectivity index is 1.76. The van der Waals surface area contributed by atoms with Crippen LogP contribution in [0.5, 0.6) is 0 Å². The van der Waals surface area contributed by atoms with Crippen molar-refractivity contribution in [1.82, 2.24) is 15.5 Å². The Morgan fingerprint density at radius 2 is 2.09 bits per heavy atom. The SMILES string of the molecule is CN(C)[C@H](CNC(=O)NCC1(O)CCCCC1)c1cccs1. The molecule has 3 N–H and O–H groups in total. The number of carbonyl (C=O) groups is 1. The highest BCUT2D eigenvalue weighted by Gasteiger charge is 2.29. The smallest absolute Gasteiger partial charge is 0.314 e. The van der Waals surface area contributed by atoms with E-state index < -0.39 is 5.60 Å². The Hall–Kier alpha value is -1.11. The minimum atomic E-state index is -0.718. The molecule has 0 bridgehead atoms. The normalized spacial score (nSPS) is 18.9. The molecule has 1 aromatic heterocycles. The highest BCUT2D eigenvalue weighted by atomic mass is 32.1. The molecule has 0 saturated heterocycles. The van der Waals surface area contributed by atoms with E-state index in [1.807, 2.05) is 25.5 Å². The van der Waals surface area contributed by atoms with E-state index in [-0.39, 0.29) is 12.1 Å². The van der Waals surface area contributed by atoms with Gasteiger partial charge in [-0.2, -0.15) is 0 Å². The summed E-state index contributed by atoms with van der Waals surface area (Å²) < 4.78 is 0. The number of hydrogen-bond donors (Lipinski definition) is 3. The maximum atomic E-state index is 12.0. The van der Waals surface area contributed by atoms with Crippen LogP contribution in [-0.2, 0) is 0 Å². The van der Waals surface area contributed by atoms with Crippen molar-refractivity contribution in [3.63, 3.8) is 0 Å². The number of urea groups is 1. The van der Waals surface area contributed by atoms with Crippen molar-refractivity contribution < 1.29 is 9.90 Å². The molecular formula is C16H27N3O2S. The average molecular weight is 325 g/mol. The molecule has 2 rings (SSSR count). The van der Waals surface area contributed by atoms with Crippen LogP contribution in [0.3, 0.4) is 0 Å². The highest BCUT2D eigenvalue weighted by molar-refractivity contribution is 7.10. The Kier molecular flexibility index (Phi) is 6.23. The van der Waals surface area contributed by atoms with Gasteiger partial charge < -0.3 is 20.6 Å². The zero-order valence-corrected chi connectivity index (χ0v) is 14.3. The molecular weight excluding hydrogens is 298 g/mol. The van der Waals surface area contributed by atoms with E-state index in [0.29, 0.717) is 13.1 Å². The summed E-state index contributed by atoms with van der Waals surface area (Å²) in [6.07, 6.45) is 4.83. The third-order valence-corrected chi connectivity index (χ3v) is 5.29. The van der Waals surface area contributed by atoms with Crippen molar-refractivity contribution >= 4 is 17.4 Å². The van der Waals surface area contributed by atoms with Crippen LogP contribution in [0.25, 0.3) is 0 Å². The predicted octanol–water partition coefficient (Wildman–Crippen LogP) is 2.35. The van der Waals surface area contributed by atoms with E-state index in [4.69, 9.17) is 0 Å². The van der Waals surface area contributed by atoms with E-state index in [9.17, 15) is 9.90 Å². The highest BCUT2D eigenvalue weighted by Crippen LogP contribution is 2.27. The van der Waals surface area contributed by atoms with Crippen molar-refractivity contribution in [3.05, 3.63) is 22.4 Å². The second kappa shape index (κ2) is 7.94. The van der Waals surface area contributed by atoms with Gasteiger partial charge in [0.15, 0.2) is 0 Å². The van der Waals surface area contributed by atoms with Crippen LogP contribution >= 0.6 is 11.3 Å². The van der Waals surface area contributed by atoms with Gasteiger partial charge in [0, 0.05) is 18.0 Å². The Morgan fingerprint density at radius 3 is 2.68 bits per heavy atom. The van der Waals surface area contributed by atoms with E-state index in [1.54, 1.807) is 11.3 Å². The standard InChI is InChI=1S/C16H27N3O2S/c1-19(2)13(14-7-6-10-22-14)11-17-15(20)18-12-16(21)8-4-3-5-9-16/h6-7,10,13,21H,3-5,8-9,11-12H2,1-2H3,(H2,17,18,20)/t13-/m1/s1. The summed E-state index contributed by atoms with van der Waals surface area (Å²) in [4.78, 5) is 15.3. The molecule has 1 saturated carbocycles. The van der Waals surface area contributed by atoms with Crippen molar-refractivity contribution in [3.8, 4) is 0 Å². The topological polar surface area (TPSA) is 64.6 Å². The number of rotatable bonds is 6. The molecule has 1 aliphatic carbocycles. The molecule has 0 spiro atoms. The quantitative estimate of drug-likeness (QED) is 0.752. The van der Waals surface area contributed by atoms with Gasteiger partial charge in [0.05, 0.1) is 11.6 Å². The third kappa shape index (κ3) is 4.97. The molecule has 0 aliphatic heterocycles. The van der Waals surface area contributed by atoms with Gasteiger partial charge in [-0.3, -0.25) is 0 Å². The van der Waals surface area contributed by atoms with Gasteiger partial charge in [0.2, 0.25) is 0 Å². The molecule has 0 unspecified atom stereocenters. The summed E-state index contributed by atoms with van der Waals surface area (Å²) >= 11 is 1.69. The van der Waals surface area contributed by atoms with Gasteiger partial charge in [-0.05, 0) is 38.4 Å². The zero-order chi connectivity index (χ0) is 16.0. The van der Waals surface area contributed by atoms with Crippen LogP contribution in [0.1, 0.15) is 43.0 Å². The molecule has 2 amide bonds. The van der Waals surface area contributed by atoms with Crippen LogP contribution < -0.4 is 10.6 Å². The van der Waals surface area contributed by atoms with E-state index in [0.717, 1.165) is 25.7 Å². The van der Waals surface area contributed by atoms with Crippen LogP contribution in [0.2, 0.25) is 0 Å². The molecule has 0 aromatic carbocycles. The number of aliphatic hydroxyl groups is 1. The summed E-state index contributed by atoms with van der Waals surface area (Å²) in [5.74, 6) is 0. The number of nitrogens with zero attached hydrogens (tertiary/aromatic N) is 1. The number of likely N-dealkylation sites (N-methyl/N-ethyl adjacent to an activating group) is 1. The molecule has 5 nitrogen and oxygen atoms in total. The Morgan fingerprint density at radius 1 is 1.36 bits per heavy atom. The van der Waals surface area contributed by atoms with Crippen molar-refractivity contribution in [2.24, 2.45) is 0 Å². The first-order chi connectivity index (χ1) is 10.5. The summed E-state index contributed by atoms with van der Waals surface area (Å²) in [6, 6.07) is 4.07. The van der Waals surface area contributed by atoms with Gasteiger partial charge in [-0.1, -0.05) is 25.3 Å². The van der Waals surface area contributed by atoms with Crippen LogP contribution in [-0.4, -0.2) is 48.8 Å².